The van der Waals surface area contributed by atoms with Gasteiger partial charge in [0.2, 0.25) is 0 Å². The first-order valence-electron chi connectivity index (χ1n) is 5.20. The van der Waals surface area contributed by atoms with Gasteiger partial charge in [-0.15, -0.1) is 10.2 Å². The summed E-state index contributed by atoms with van der Waals surface area (Å²) in [7, 11) is 0. The van der Waals surface area contributed by atoms with E-state index in [1.165, 1.54) is 12.1 Å². The molecule has 0 radical (unpaired) electrons. The van der Waals surface area contributed by atoms with Crippen LogP contribution in [0.5, 0.6) is 0 Å². The Bertz CT molecular complexity index is 530. The van der Waals surface area contributed by atoms with Gasteiger partial charge in [-0.25, -0.2) is 4.39 Å². The summed E-state index contributed by atoms with van der Waals surface area (Å²) >= 11 is 4.75. The minimum absolute atomic E-state index is 0.246. The van der Waals surface area contributed by atoms with Gasteiger partial charge in [0, 0.05) is 12.3 Å². The largest absolute Gasteiger partial charge is 0.326 e. The van der Waals surface area contributed by atoms with E-state index in [4.69, 9.17) is 5.73 Å². The van der Waals surface area contributed by atoms with Crippen LogP contribution in [0.15, 0.2) is 26.9 Å². The summed E-state index contributed by atoms with van der Waals surface area (Å²) in [6.07, 6.45) is 1.97. The number of hydrogen-bond donors (Lipinski definition) is 1. The molecule has 0 spiro atoms. The van der Waals surface area contributed by atoms with Gasteiger partial charge >= 0.3 is 0 Å². The normalized spacial score (nSPS) is 10.8. The van der Waals surface area contributed by atoms with Crippen molar-refractivity contribution >= 4 is 34.9 Å². The second-order valence-electron chi connectivity index (χ2n) is 3.44. The Morgan fingerprint density at radius 3 is 2.72 bits per heavy atom. The molecule has 1 aromatic carbocycles. The number of nitrogens with zero attached hydrogens (tertiary/aromatic N) is 2. The van der Waals surface area contributed by atoms with Crippen molar-refractivity contribution in [2.45, 2.75) is 21.0 Å². The van der Waals surface area contributed by atoms with Crippen LogP contribution in [0.4, 0.5) is 4.39 Å². The fourth-order valence-corrected chi connectivity index (χ4v) is 3.87. The number of halogens is 1. The summed E-state index contributed by atoms with van der Waals surface area (Å²) in [5, 5.41) is 8.11. The van der Waals surface area contributed by atoms with Crippen LogP contribution >= 0.6 is 34.9 Å². The molecule has 3 nitrogen and oxygen atoms in total. The molecule has 0 fully saturated rings. The van der Waals surface area contributed by atoms with Crippen molar-refractivity contribution in [2.75, 3.05) is 6.26 Å². The molecule has 2 aromatic rings. The van der Waals surface area contributed by atoms with Gasteiger partial charge in [0.1, 0.15) is 5.82 Å². The average molecular weight is 301 g/mol. The van der Waals surface area contributed by atoms with Gasteiger partial charge in [0.15, 0.2) is 8.68 Å². The number of rotatable bonds is 5. The Morgan fingerprint density at radius 1 is 1.28 bits per heavy atom. The van der Waals surface area contributed by atoms with Crippen LogP contribution in [-0.2, 0) is 12.3 Å². The first kappa shape index (κ1) is 13.8. The number of hydrogen-bond acceptors (Lipinski definition) is 6. The highest BCUT2D eigenvalue weighted by atomic mass is 32.2. The maximum absolute atomic E-state index is 13.1. The first-order chi connectivity index (χ1) is 8.72. The van der Waals surface area contributed by atoms with Gasteiger partial charge in [-0.2, -0.15) is 0 Å². The highest BCUT2D eigenvalue weighted by molar-refractivity contribution is 8.02. The van der Waals surface area contributed by atoms with E-state index in [1.807, 2.05) is 6.26 Å². The molecule has 0 atom stereocenters. The van der Waals surface area contributed by atoms with E-state index >= 15 is 0 Å². The second kappa shape index (κ2) is 6.51. The SMILES string of the molecule is CSc1nnc(SCc2ccc(F)cc2CN)s1. The van der Waals surface area contributed by atoms with E-state index in [0.29, 0.717) is 6.54 Å². The van der Waals surface area contributed by atoms with Crippen LogP contribution in [0.1, 0.15) is 11.1 Å². The Labute approximate surface area is 117 Å². The molecule has 2 N–H and O–H groups in total. The Morgan fingerprint density at radius 2 is 2.06 bits per heavy atom. The molecule has 7 heteroatoms. The molecule has 0 aliphatic heterocycles. The lowest BCUT2D eigenvalue weighted by Gasteiger charge is -2.06. The molecule has 0 bridgehead atoms. The average Bonchev–Trinajstić information content (AvgIpc) is 2.85. The summed E-state index contributed by atoms with van der Waals surface area (Å²) in [4.78, 5) is 0. The summed E-state index contributed by atoms with van der Waals surface area (Å²) in [5.74, 6) is 0.486. The molecule has 0 amide bonds. The Hall–Kier alpha value is -0.630. The van der Waals surface area contributed by atoms with Crippen LogP contribution in [0, 0.1) is 5.82 Å². The highest BCUT2D eigenvalue weighted by Crippen LogP contribution is 2.30. The smallest absolute Gasteiger partial charge is 0.175 e. The predicted molar refractivity (Wildman–Crippen MR) is 75.5 cm³/mol. The third-order valence-electron chi connectivity index (χ3n) is 2.30. The molecule has 0 saturated heterocycles. The summed E-state index contributed by atoms with van der Waals surface area (Å²) < 4.78 is 14.9. The molecule has 18 heavy (non-hydrogen) atoms. The van der Waals surface area contributed by atoms with Crippen molar-refractivity contribution in [1.82, 2.24) is 10.2 Å². The zero-order chi connectivity index (χ0) is 13.0. The monoisotopic (exact) mass is 301 g/mol. The fourth-order valence-electron chi connectivity index (χ4n) is 1.40. The maximum atomic E-state index is 13.1. The summed E-state index contributed by atoms with van der Waals surface area (Å²) in [6.45, 7) is 0.347. The van der Waals surface area contributed by atoms with E-state index in [9.17, 15) is 4.39 Å². The topological polar surface area (TPSA) is 51.8 Å². The van der Waals surface area contributed by atoms with Gasteiger partial charge in [0.25, 0.3) is 0 Å². The lowest BCUT2D eigenvalue weighted by molar-refractivity contribution is 0.624. The van der Waals surface area contributed by atoms with E-state index in [-0.39, 0.29) is 5.82 Å². The molecule has 2 rings (SSSR count). The minimum atomic E-state index is -0.246. The molecule has 0 aliphatic rings. The maximum Gasteiger partial charge on any atom is 0.175 e. The number of nitrogens with two attached hydrogens (primary N) is 1. The van der Waals surface area contributed by atoms with Gasteiger partial charge in [0.05, 0.1) is 0 Å². The zero-order valence-electron chi connectivity index (χ0n) is 9.72. The van der Waals surface area contributed by atoms with Crippen molar-refractivity contribution in [3.8, 4) is 0 Å². The lowest BCUT2D eigenvalue weighted by atomic mass is 10.1. The third kappa shape index (κ3) is 3.44. The van der Waals surface area contributed by atoms with Crippen LogP contribution in [0.25, 0.3) is 0 Å². The van der Waals surface area contributed by atoms with Crippen LogP contribution in [0.2, 0.25) is 0 Å². The molecule has 0 unspecified atom stereocenters. The van der Waals surface area contributed by atoms with E-state index in [1.54, 1.807) is 40.9 Å². The van der Waals surface area contributed by atoms with Crippen molar-refractivity contribution in [3.05, 3.63) is 35.1 Å². The van der Waals surface area contributed by atoms with E-state index < -0.39 is 0 Å². The predicted octanol–water partition coefficient (Wildman–Crippen LogP) is 3.15. The first-order valence-corrected chi connectivity index (χ1v) is 8.23. The second-order valence-corrected chi connectivity index (χ2v) is 6.70. The fraction of sp³-hybridized carbons (Fsp3) is 0.273. The minimum Gasteiger partial charge on any atom is -0.326 e. The molecule has 1 heterocycles. The van der Waals surface area contributed by atoms with Crippen molar-refractivity contribution < 1.29 is 4.39 Å². The van der Waals surface area contributed by atoms with Crippen LogP contribution < -0.4 is 5.73 Å². The standard InChI is InChI=1S/C11H12FN3S3/c1-16-10-14-15-11(18-10)17-6-7-2-3-9(12)4-8(7)5-13/h2-4H,5-6,13H2,1H3. The van der Waals surface area contributed by atoms with E-state index in [2.05, 4.69) is 10.2 Å². The van der Waals surface area contributed by atoms with Crippen LogP contribution in [0.3, 0.4) is 0 Å². The molecular weight excluding hydrogens is 289 g/mol. The quantitative estimate of drug-likeness (QED) is 0.860. The zero-order valence-corrected chi connectivity index (χ0v) is 12.2. The highest BCUT2D eigenvalue weighted by Gasteiger charge is 2.07. The van der Waals surface area contributed by atoms with Crippen LogP contribution in [-0.4, -0.2) is 16.5 Å². The van der Waals surface area contributed by atoms with Crippen molar-refractivity contribution in [3.63, 3.8) is 0 Å². The molecule has 96 valence electrons. The number of benzene rings is 1. The lowest BCUT2D eigenvalue weighted by Crippen LogP contribution is -2.01. The summed E-state index contributed by atoms with van der Waals surface area (Å²) in [6, 6.07) is 4.73. The van der Waals surface area contributed by atoms with Gasteiger partial charge in [-0.1, -0.05) is 40.9 Å². The molecular formula is C11H12FN3S3. The van der Waals surface area contributed by atoms with Crippen molar-refractivity contribution in [1.29, 1.82) is 0 Å². The number of thioether (sulfide) groups is 2. The van der Waals surface area contributed by atoms with Gasteiger partial charge in [-0.05, 0) is 29.5 Å². The Kier molecular flexibility index (Phi) is 4.99. The molecule has 0 saturated carbocycles. The van der Waals surface area contributed by atoms with Crippen molar-refractivity contribution in [2.24, 2.45) is 5.73 Å². The molecule has 1 aromatic heterocycles. The summed E-state index contributed by atoms with van der Waals surface area (Å²) in [5.41, 5.74) is 7.50. The van der Waals surface area contributed by atoms with E-state index in [0.717, 1.165) is 25.6 Å². The number of aromatic nitrogens is 2. The van der Waals surface area contributed by atoms with Gasteiger partial charge < -0.3 is 5.73 Å². The third-order valence-corrected chi connectivity index (χ3v) is 5.38. The van der Waals surface area contributed by atoms with Gasteiger partial charge in [-0.3, -0.25) is 0 Å². The molecule has 0 aliphatic carbocycles. The Balaban J connectivity index is 2.05.